The van der Waals surface area contributed by atoms with Crippen LogP contribution in [0.3, 0.4) is 0 Å². The van der Waals surface area contributed by atoms with Gasteiger partial charge < -0.3 is 13.9 Å². The van der Waals surface area contributed by atoms with E-state index in [9.17, 15) is 8.78 Å². The third-order valence-corrected chi connectivity index (χ3v) is 4.56. The zero-order valence-corrected chi connectivity index (χ0v) is 15.6. The molecule has 0 aliphatic carbocycles. The molecule has 7 heteroatoms. The molecule has 1 aliphatic rings. The van der Waals surface area contributed by atoms with Crippen LogP contribution < -0.4 is 9.47 Å². The highest BCUT2D eigenvalue weighted by Gasteiger charge is 2.23. The van der Waals surface area contributed by atoms with Crippen LogP contribution in [-0.2, 0) is 6.54 Å². The van der Waals surface area contributed by atoms with Crippen LogP contribution in [0.1, 0.15) is 11.5 Å². The molecule has 0 fully saturated rings. The van der Waals surface area contributed by atoms with Gasteiger partial charge in [0.05, 0.1) is 11.3 Å². The van der Waals surface area contributed by atoms with E-state index >= 15 is 0 Å². The molecule has 0 N–H and O–H groups in total. The van der Waals surface area contributed by atoms with Crippen molar-refractivity contribution in [2.24, 2.45) is 0 Å². The minimum absolute atomic E-state index is 0.110. The lowest BCUT2D eigenvalue weighted by atomic mass is 10.2. The molecular formula is C21H20F2N2O3. The topological polar surface area (TPSA) is 47.7 Å². The minimum atomic E-state index is -0.701. The van der Waals surface area contributed by atoms with E-state index in [1.54, 1.807) is 6.92 Å². The van der Waals surface area contributed by atoms with Crippen molar-refractivity contribution in [3.63, 3.8) is 0 Å². The van der Waals surface area contributed by atoms with E-state index in [2.05, 4.69) is 4.98 Å². The normalized spacial score (nSPS) is 15.8. The van der Waals surface area contributed by atoms with Crippen LogP contribution in [-0.4, -0.2) is 36.2 Å². The molecular weight excluding hydrogens is 366 g/mol. The molecule has 0 unspecified atom stereocenters. The van der Waals surface area contributed by atoms with E-state index in [1.165, 1.54) is 12.1 Å². The minimum Gasteiger partial charge on any atom is -0.486 e. The summed E-state index contributed by atoms with van der Waals surface area (Å²) in [5.41, 5.74) is 0.831. The number of hydrogen-bond acceptors (Lipinski definition) is 5. The third kappa shape index (κ3) is 3.84. The van der Waals surface area contributed by atoms with Crippen molar-refractivity contribution in [1.82, 2.24) is 9.88 Å². The maximum absolute atomic E-state index is 14.0. The van der Waals surface area contributed by atoms with Crippen LogP contribution >= 0.6 is 0 Å². The molecule has 0 saturated heterocycles. The fourth-order valence-electron chi connectivity index (χ4n) is 3.17. The van der Waals surface area contributed by atoms with E-state index < -0.39 is 11.6 Å². The Hall–Kier alpha value is -2.93. The number of aryl methyl sites for hydroxylation is 1. The number of rotatable bonds is 5. The third-order valence-electron chi connectivity index (χ3n) is 4.56. The zero-order valence-electron chi connectivity index (χ0n) is 15.6. The zero-order chi connectivity index (χ0) is 19.7. The monoisotopic (exact) mass is 386 g/mol. The molecule has 2 heterocycles. The summed E-state index contributed by atoms with van der Waals surface area (Å²) in [7, 11) is 1.94. The number of oxazole rings is 1. The van der Waals surface area contributed by atoms with Gasteiger partial charge >= 0.3 is 0 Å². The Balaban J connectivity index is 1.42. The van der Waals surface area contributed by atoms with Crippen LogP contribution in [0, 0.1) is 18.6 Å². The smallest absolute Gasteiger partial charge is 0.229 e. The van der Waals surface area contributed by atoms with E-state index in [4.69, 9.17) is 13.9 Å². The van der Waals surface area contributed by atoms with Gasteiger partial charge in [0, 0.05) is 19.2 Å². The second-order valence-electron chi connectivity index (χ2n) is 6.84. The second-order valence-corrected chi connectivity index (χ2v) is 6.84. The first kappa shape index (κ1) is 18.4. The second kappa shape index (κ2) is 7.59. The lowest BCUT2D eigenvalue weighted by molar-refractivity contribution is 0.0634. The van der Waals surface area contributed by atoms with E-state index in [0.717, 1.165) is 17.6 Å². The average molecular weight is 386 g/mol. The summed E-state index contributed by atoms with van der Waals surface area (Å²) < 4.78 is 44.4. The molecule has 28 heavy (non-hydrogen) atoms. The van der Waals surface area contributed by atoms with Crippen LogP contribution in [0.15, 0.2) is 46.9 Å². The summed E-state index contributed by atoms with van der Waals surface area (Å²) in [5, 5.41) is 0. The number of benzene rings is 2. The molecule has 3 aromatic rings. The Bertz CT molecular complexity index is 990. The van der Waals surface area contributed by atoms with E-state index in [1.807, 2.05) is 36.2 Å². The average Bonchev–Trinajstić information content (AvgIpc) is 3.01. The Morgan fingerprint density at radius 1 is 1.14 bits per heavy atom. The van der Waals surface area contributed by atoms with Gasteiger partial charge in [0.25, 0.3) is 0 Å². The van der Waals surface area contributed by atoms with Crippen molar-refractivity contribution in [1.29, 1.82) is 0 Å². The molecule has 0 radical (unpaired) electrons. The van der Waals surface area contributed by atoms with Crippen molar-refractivity contribution in [3.05, 3.63) is 65.6 Å². The first-order chi connectivity index (χ1) is 13.5. The fourth-order valence-corrected chi connectivity index (χ4v) is 3.17. The summed E-state index contributed by atoms with van der Waals surface area (Å²) >= 11 is 0. The van der Waals surface area contributed by atoms with Gasteiger partial charge in [0.2, 0.25) is 5.89 Å². The number of fused-ring (bicyclic) bond motifs is 1. The summed E-state index contributed by atoms with van der Waals surface area (Å²) in [6.45, 7) is 3.36. The molecule has 0 bridgehead atoms. The maximum atomic E-state index is 14.0. The van der Waals surface area contributed by atoms with Crippen LogP contribution in [0.5, 0.6) is 11.5 Å². The molecule has 1 aromatic heterocycles. The van der Waals surface area contributed by atoms with Gasteiger partial charge in [-0.05, 0) is 38.2 Å². The Kier molecular flexibility index (Phi) is 5.00. The van der Waals surface area contributed by atoms with Crippen LogP contribution in [0.2, 0.25) is 0 Å². The first-order valence-electron chi connectivity index (χ1n) is 8.98. The van der Waals surface area contributed by atoms with Gasteiger partial charge in [-0.15, -0.1) is 0 Å². The molecule has 5 nitrogen and oxygen atoms in total. The Labute approximate surface area is 161 Å². The molecule has 2 aromatic carbocycles. The molecule has 0 saturated carbocycles. The van der Waals surface area contributed by atoms with Crippen molar-refractivity contribution in [2.45, 2.75) is 19.6 Å². The van der Waals surface area contributed by atoms with E-state index in [-0.39, 0.29) is 17.6 Å². The Morgan fingerprint density at radius 3 is 2.71 bits per heavy atom. The van der Waals surface area contributed by atoms with Gasteiger partial charge in [-0.1, -0.05) is 12.1 Å². The molecule has 1 aliphatic heterocycles. The highest BCUT2D eigenvalue weighted by molar-refractivity contribution is 5.54. The van der Waals surface area contributed by atoms with Crippen molar-refractivity contribution in [2.75, 3.05) is 20.2 Å². The van der Waals surface area contributed by atoms with Gasteiger partial charge in [0.15, 0.2) is 11.5 Å². The lowest BCUT2D eigenvalue weighted by Gasteiger charge is -2.29. The van der Waals surface area contributed by atoms with Gasteiger partial charge in [-0.3, -0.25) is 4.90 Å². The van der Waals surface area contributed by atoms with Crippen molar-refractivity contribution >= 4 is 0 Å². The van der Waals surface area contributed by atoms with Crippen LogP contribution in [0.25, 0.3) is 11.5 Å². The molecule has 1 atom stereocenters. The summed E-state index contributed by atoms with van der Waals surface area (Å²) in [5.74, 6) is 0.883. The molecule has 0 amide bonds. The largest absolute Gasteiger partial charge is 0.486 e. The molecule has 0 spiro atoms. The summed E-state index contributed by atoms with van der Waals surface area (Å²) in [6, 6.07) is 10.9. The lowest BCUT2D eigenvalue weighted by Crippen LogP contribution is -2.39. The quantitative estimate of drug-likeness (QED) is 0.658. The number of likely N-dealkylation sites (N-methyl/N-ethyl adjacent to an activating group) is 1. The summed E-state index contributed by atoms with van der Waals surface area (Å²) in [4.78, 5) is 6.44. The Morgan fingerprint density at radius 2 is 1.93 bits per heavy atom. The number of hydrogen-bond donors (Lipinski definition) is 0. The van der Waals surface area contributed by atoms with Crippen molar-refractivity contribution in [3.8, 4) is 23.0 Å². The summed E-state index contributed by atoms with van der Waals surface area (Å²) in [6.07, 6.45) is -0.110. The number of para-hydroxylation sites is 2. The number of halogens is 2. The SMILES string of the molecule is Cc1oc(-c2ccc(F)cc2F)nc1CN(C)C[C@H]1COc2ccccc2O1. The van der Waals surface area contributed by atoms with Crippen molar-refractivity contribution < 1.29 is 22.7 Å². The maximum Gasteiger partial charge on any atom is 0.229 e. The molecule has 4 rings (SSSR count). The predicted molar refractivity (Wildman–Crippen MR) is 99.3 cm³/mol. The van der Waals surface area contributed by atoms with Crippen LogP contribution in [0.4, 0.5) is 8.78 Å². The first-order valence-corrected chi connectivity index (χ1v) is 8.98. The highest BCUT2D eigenvalue weighted by Crippen LogP contribution is 2.31. The van der Waals surface area contributed by atoms with Gasteiger partial charge in [-0.2, -0.15) is 0 Å². The van der Waals surface area contributed by atoms with Gasteiger partial charge in [-0.25, -0.2) is 13.8 Å². The van der Waals surface area contributed by atoms with Gasteiger partial charge in [0.1, 0.15) is 30.1 Å². The number of aromatic nitrogens is 1. The number of nitrogens with zero attached hydrogens (tertiary/aromatic N) is 2. The fraction of sp³-hybridized carbons (Fsp3) is 0.286. The highest BCUT2D eigenvalue weighted by atomic mass is 19.1. The standard InChI is InChI=1S/C21H20F2N2O3/c1-13-18(24-21(27-13)16-8-7-14(22)9-17(16)23)11-25(2)10-15-12-26-19-5-3-4-6-20(19)28-15/h3-9,15H,10-12H2,1-2H3/t15-/m0/s1. The predicted octanol–water partition coefficient (Wildman–Crippen LogP) is 4.20. The number of ether oxygens (including phenoxy) is 2. The molecule has 146 valence electrons. The van der Waals surface area contributed by atoms with E-state index in [0.29, 0.717) is 31.2 Å².